The van der Waals surface area contributed by atoms with Crippen LogP contribution >= 0.6 is 0 Å². The van der Waals surface area contributed by atoms with Crippen LogP contribution in [0, 0.1) is 0 Å². The zero-order chi connectivity index (χ0) is 20.6. The highest BCUT2D eigenvalue weighted by molar-refractivity contribution is 5.89. The molecule has 0 atom stereocenters. The fourth-order valence-electron chi connectivity index (χ4n) is 2.93. The van der Waals surface area contributed by atoms with Crippen molar-refractivity contribution in [3.05, 3.63) is 60.7 Å². The van der Waals surface area contributed by atoms with Gasteiger partial charge in [0.2, 0.25) is 0 Å². The number of benzene rings is 2. The van der Waals surface area contributed by atoms with Gasteiger partial charge in [0, 0.05) is 24.5 Å². The number of amides is 4. The molecule has 0 heterocycles. The van der Waals surface area contributed by atoms with E-state index in [2.05, 4.69) is 21.3 Å². The predicted octanol–water partition coefficient (Wildman–Crippen LogP) is 5.36. The molecule has 4 N–H and O–H groups in total. The third kappa shape index (κ3) is 10.8. The molecule has 29 heavy (non-hydrogen) atoms. The van der Waals surface area contributed by atoms with Gasteiger partial charge in [-0.3, -0.25) is 0 Å². The Balaban J connectivity index is 1.35. The lowest BCUT2D eigenvalue weighted by Crippen LogP contribution is -2.29. The van der Waals surface area contributed by atoms with E-state index < -0.39 is 0 Å². The van der Waals surface area contributed by atoms with Gasteiger partial charge in [-0.15, -0.1) is 0 Å². The first kappa shape index (κ1) is 22.3. The molecule has 0 fully saturated rings. The average molecular weight is 397 g/mol. The minimum absolute atomic E-state index is 0.153. The van der Waals surface area contributed by atoms with Gasteiger partial charge < -0.3 is 21.3 Å². The van der Waals surface area contributed by atoms with E-state index in [1.54, 1.807) is 0 Å². The molecule has 0 saturated carbocycles. The average Bonchev–Trinajstić information content (AvgIpc) is 2.73. The van der Waals surface area contributed by atoms with Crippen molar-refractivity contribution in [2.75, 3.05) is 23.7 Å². The molecule has 0 aliphatic heterocycles. The Labute approximate surface area is 173 Å². The molecule has 4 amide bonds. The van der Waals surface area contributed by atoms with Gasteiger partial charge in [-0.05, 0) is 37.1 Å². The fraction of sp³-hybridized carbons (Fsp3) is 0.391. The largest absolute Gasteiger partial charge is 0.338 e. The molecule has 0 aliphatic rings. The van der Waals surface area contributed by atoms with Crippen molar-refractivity contribution in [3.8, 4) is 0 Å². The first-order chi connectivity index (χ1) is 14.2. The number of hydrogen-bond donors (Lipinski definition) is 4. The Morgan fingerprint density at radius 1 is 0.517 bits per heavy atom. The second kappa shape index (κ2) is 14.0. The van der Waals surface area contributed by atoms with Crippen LogP contribution in [0.2, 0.25) is 0 Å². The number of anilines is 2. The normalized spacial score (nSPS) is 10.2. The van der Waals surface area contributed by atoms with E-state index in [1.807, 2.05) is 60.7 Å². The molecule has 6 nitrogen and oxygen atoms in total. The van der Waals surface area contributed by atoms with Crippen molar-refractivity contribution in [1.29, 1.82) is 0 Å². The van der Waals surface area contributed by atoms with E-state index in [4.69, 9.17) is 0 Å². The molecule has 2 rings (SSSR count). The maximum Gasteiger partial charge on any atom is 0.319 e. The monoisotopic (exact) mass is 396 g/mol. The van der Waals surface area contributed by atoms with Crippen LogP contribution in [-0.4, -0.2) is 25.2 Å². The topological polar surface area (TPSA) is 82.3 Å². The summed E-state index contributed by atoms with van der Waals surface area (Å²) in [4.78, 5) is 23.5. The summed E-state index contributed by atoms with van der Waals surface area (Å²) in [6.07, 6.45) is 7.74. The molecule has 156 valence electrons. The summed E-state index contributed by atoms with van der Waals surface area (Å²) in [6, 6.07) is 18.6. The lowest BCUT2D eigenvalue weighted by molar-refractivity contribution is 0.251. The van der Waals surface area contributed by atoms with Crippen LogP contribution in [0.15, 0.2) is 60.7 Å². The minimum atomic E-state index is -0.153. The number of hydrogen-bond acceptors (Lipinski definition) is 2. The Bertz CT molecular complexity index is 646. The molecule has 0 spiro atoms. The molecule has 6 heteroatoms. The van der Waals surface area contributed by atoms with Gasteiger partial charge in [-0.2, -0.15) is 0 Å². The quantitative estimate of drug-likeness (QED) is 0.364. The molecule has 2 aromatic carbocycles. The molecular weight excluding hydrogens is 364 g/mol. The number of carbonyl (C=O) groups excluding carboxylic acids is 2. The van der Waals surface area contributed by atoms with E-state index in [9.17, 15) is 9.59 Å². The van der Waals surface area contributed by atoms with Crippen molar-refractivity contribution in [3.63, 3.8) is 0 Å². The summed E-state index contributed by atoms with van der Waals surface area (Å²) >= 11 is 0. The van der Waals surface area contributed by atoms with Crippen LogP contribution in [0.1, 0.15) is 44.9 Å². The SMILES string of the molecule is O=C(NCCCCCCCCCNC(=O)Nc1ccccc1)Nc1ccccc1. The Morgan fingerprint density at radius 3 is 1.24 bits per heavy atom. The van der Waals surface area contributed by atoms with Crippen LogP contribution in [0.5, 0.6) is 0 Å². The number of nitrogens with one attached hydrogen (secondary N) is 4. The van der Waals surface area contributed by atoms with E-state index in [1.165, 1.54) is 19.3 Å². The summed E-state index contributed by atoms with van der Waals surface area (Å²) < 4.78 is 0. The summed E-state index contributed by atoms with van der Waals surface area (Å²) in [6.45, 7) is 1.39. The standard InChI is InChI=1S/C23H32N4O2/c28-22(26-20-14-8-6-9-15-20)24-18-12-4-2-1-3-5-13-19-25-23(29)27-21-16-10-7-11-17-21/h6-11,14-17H,1-5,12-13,18-19H2,(H2,24,26,28)(H2,25,27,29). The molecule has 0 unspecified atom stereocenters. The fourth-order valence-corrected chi connectivity index (χ4v) is 2.93. The maximum atomic E-state index is 11.7. The summed E-state index contributed by atoms with van der Waals surface area (Å²) in [5.41, 5.74) is 1.61. The number of urea groups is 2. The van der Waals surface area contributed by atoms with Crippen molar-refractivity contribution in [2.45, 2.75) is 44.9 Å². The first-order valence-corrected chi connectivity index (χ1v) is 10.4. The number of carbonyl (C=O) groups is 2. The highest BCUT2D eigenvalue weighted by Crippen LogP contribution is 2.08. The van der Waals surface area contributed by atoms with E-state index in [0.717, 1.165) is 37.1 Å². The minimum Gasteiger partial charge on any atom is -0.338 e. The van der Waals surface area contributed by atoms with Gasteiger partial charge >= 0.3 is 12.1 Å². The molecule has 0 saturated heterocycles. The number of rotatable bonds is 12. The molecule has 0 aliphatic carbocycles. The lowest BCUT2D eigenvalue weighted by atomic mass is 10.1. The van der Waals surface area contributed by atoms with Gasteiger partial charge in [0.15, 0.2) is 0 Å². The van der Waals surface area contributed by atoms with E-state index in [-0.39, 0.29) is 12.1 Å². The van der Waals surface area contributed by atoms with E-state index in [0.29, 0.717) is 13.1 Å². The molecular formula is C23H32N4O2. The van der Waals surface area contributed by atoms with Crippen molar-refractivity contribution < 1.29 is 9.59 Å². The van der Waals surface area contributed by atoms with E-state index >= 15 is 0 Å². The molecule has 2 aromatic rings. The number of para-hydroxylation sites is 2. The van der Waals surface area contributed by atoms with Crippen LogP contribution < -0.4 is 21.3 Å². The van der Waals surface area contributed by atoms with Crippen molar-refractivity contribution in [2.24, 2.45) is 0 Å². The zero-order valence-electron chi connectivity index (χ0n) is 17.0. The maximum absolute atomic E-state index is 11.7. The van der Waals surface area contributed by atoms with Gasteiger partial charge in [-0.1, -0.05) is 68.5 Å². The smallest absolute Gasteiger partial charge is 0.319 e. The Hall–Kier alpha value is -3.02. The van der Waals surface area contributed by atoms with Crippen LogP contribution in [-0.2, 0) is 0 Å². The summed E-state index contributed by atoms with van der Waals surface area (Å²) in [7, 11) is 0. The summed E-state index contributed by atoms with van der Waals surface area (Å²) in [5.74, 6) is 0. The second-order valence-electron chi connectivity index (χ2n) is 6.97. The van der Waals surface area contributed by atoms with Gasteiger partial charge in [0.1, 0.15) is 0 Å². The third-order valence-corrected chi connectivity index (χ3v) is 4.49. The molecule has 0 aromatic heterocycles. The first-order valence-electron chi connectivity index (χ1n) is 10.4. The third-order valence-electron chi connectivity index (χ3n) is 4.49. The highest BCUT2D eigenvalue weighted by Gasteiger charge is 2.01. The zero-order valence-corrected chi connectivity index (χ0v) is 17.0. The van der Waals surface area contributed by atoms with Crippen LogP contribution in [0.3, 0.4) is 0 Å². The van der Waals surface area contributed by atoms with Gasteiger partial charge in [0.25, 0.3) is 0 Å². The van der Waals surface area contributed by atoms with Gasteiger partial charge in [0.05, 0.1) is 0 Å². The van der Waals surface area contributed by atoms with Crippen molar-refractivity contribution in [1.82, 2.24) is 10.6 Å². The van der Waals surface area contributed by atoms with Crippen LogP contribution in [0.4, 0.5) is 21.0 Å². The van der Waals surface area contributed by atoms with Gasteiger partial charge in [-0.25, -0.2) is 9.59 Å². The second-order valence-corrected chi connectivity index (χ2v) is 6.97. The summed E-state index contributed by atoms with van der Waals surface area (Å²) in [5, 5.41) is 11.4. The lowest BCUT2D eigenvalue weighted by Gasteiger charge is -2.08. The Morgan fingerprint density at radius 2 is 0.862 bits per heavy atom. The molecule has 0 bridgehead atoms. The Kier molecular flexibility index (Phi) is 10.8. The number of unbranched alkanes of at least 4 members (excludes halogenated alkanes) is 6. The molecule has 0 radical (unpaired) electrons. The predicted molar refractivity (Wildman–Crippen MR) is 119 cm³/mol. The van der Waals surface area contributed by atoms with Crippen molar-refractivity contribution >= 4 is 23.4 Å². The highest BCUT2D eigenvalue weighted by atomic mass is 16.2. The van der Waals surface area contributed by atoms with Crippen LogP contribution in [0.25, 0.3) is 0 Å².